The number of ether oxygens (including phenoxy) is 3. The van der Waals surface area contributed by atoms with Crippen molar-refractivity contribution in [3.05, 3.63) is 29.8 Å². The lowest BCUT2D eigenvalue weighted by molar-refractivity contribution is 0.00991. The van der Waals surface area contributed by atoms with Crippen LogP contribution in [-0.2, 0) is 9.47 Å². The molecule has 0 bridgehead atoms. The molecule has 0 unspecified atom stereocenters. The van der Waals surface area contributed by atoms with Crippen LogP contribution in [0.2, 0.25) is 0 Å². The zero-order valence-electron chi connectivity index (χ0n) is 17.8. The van der Waals surface area contributed by atoms with E-state index < -0.39 is 0 Å². The highest BCUT2D eigenvalue weighted by Gasteiger charge is 2.21. The number of likely N-dealkylation sites (tertiary alicyclic amines) is 1. The molecule has 1 saturated heterocycles. The molecule has 6 heteroatoms. The minimum absolute atomic E-state index is 0.366. The number of aryl methyl sites for hydroxylation is 1. The second kappa shape index (κ2) is 13.4. The largest absolute Gasteiger partial charge is 0.494 e. The first kappa shape index (κ1) is 22.5. The van der Waals surface area contributed by atoms with Gasteiger partial charge in [0, 0.05) is 47.0 Å². The number of hydrogen-bond donors (Lipinski definition) is 1. The van der Waals surface area contributed by atoms with E-state index in [0.29, 0.717) is 6.10 Å². The Labute approximate surface area is 170 Å². The lowest BCUT2D eigenvalue weighted by atomic mass is 10.1. The van der Waals surface area contributed by atoms with Crippen LogP contribution < -0.4 is 10.1 Å². The van der Waals surface area contributed by atoms with Crippen molar-refractivity contribution in [3.63, 3.8) is 0 Å². The first-order valence-electron chi connectivity index (χ1n) is 10.5. The highest BCUT2D eigenvalue weighted by Crippen LogP contribution is 2.14. The highest BCUT2D eigenvalue weighted by molar-refractivity contribution is 5.79. The molecule has 0 radical (unpaired) electrons. The first-order valence-corrected chi connectivity index (χ1v) is 10.5. The Kier molecular flexibility index (Phi) is 10.8. The maximum atomic E-state index is 5.93. The Morgan fingerprint density at radius 2 is 1.82 bits per heavy atom. The molecule has 1 heterocycles. The SMILES string of the molecule is CN=C(NCCCCOc1ccc(C)cc1)N1CCC(OCCCOC)CC1. The van der Waals surface area contributed by atoms with Gasteiger partial charge in [-0.05, 0) is 51.2 Å². The molecule has 1 aromatic carbocycles. The normalized spacial score (nSPS) is 15.7. The molecule has 0 atom stereocenters. The summed E-state index contributed by atoms with van der Waals surface area (Å²) in [7, 11) is 3.59. The van der Waals surface area contributed by atoms with Crippen LogP contribution >= 0.6 is 0 Å². The molecule has 1 aromatic rings. The van der Waals surface area contributed by atoms with Crippen molar-refractivity contribution < 1.29 is 14.2 Å². The van der Waals surface area contributed by atoms with E-state index in [1.165, 1.54) is 5.56 Å². The van der Waals surface area contributed by atoms with E-state index in [4.69, 9.17) is 14.2 Å². The van der Waals surface area contributed by atoms with Crippen LogP contribution in [0.25, 0.3) is 0 Å². The van der Waals surface area contributed by atoms with Crippen molar-refractivity contribution >= 4 is 5.96 Å². The van der Waals surface area contributed by atoms with Gasteiger partial charge in [-0.25, -0.2) is 0 Å². The van der Waals surface area contributed by atoms with E-state index in [0.717, 1.165) is 83.3 Å². The Morgan fingerprint density at radius 3 is 2.50 bits per heavy atom. The van der Waals surface area contributed by atoms with Gasteiger partial charge in [-0.2, -0.15) is 0 Å². The average molecular weight is 392 g/mol. The molecular weight excluding hydrogens is 354 g/mol. The van der Waals surface area contributed by atoms with E-state index >= 15 is 0 Å². The number of benzene rings is 1. The molecule has 0 amide bonds. The molecule has 1 aliphatic rings. The van der Waals surface area contributed by atoms with Gasteiger partial charge in [-0.1, -0.05) is 17.7 Å². The molecule has 2 rings (SSSR count). The predicted octanol–water partition coefficient (Wildman–Crippen LogP) is 3.25. The molecule has 28 heavy (non-hydrogen) atoms. The van der Waals surface area contributed by atoms with Gasteiger partial charge in [0.1, 0.15) is 5.75 Å². The van der Waals surface area contributed by atoms with Gasteiger partial charge in [0.15, 0.2) is 5.96 Å². The van der Waals surface area contributed by atoms with E-state index in [1.807, 2.05) is 19.2 Å². The Balaban J connectivity index is 1.54. The lowest BCUT2D eigenvalue weighted by Gasteiger charge is -2.34. The van der Waals surface area contributed by atoms with E-state index in [9.17, 15) is 0 Å². The monoisotopic (exact) mass is 391 g/mol. The number of rotatable bonds is 11. The van der Waals surface area contributed by atoms with Crippen molar-refractivity contribution in [2.24, 2.45) is 4.99 Å². The number of unbranched alkanes of at least 4 members (excludes halogenated alkanes) is 1. The molecule has 1 fully saturated rings. The predicted molar refractivity (Wildman–Crippen MR) is 114 cm³/mol. The third-order valence-corrected chi connectivity index (χ3v) is 4.94. The molecule has 1 N–H and O–H groups in total. The van der Waals surface area contributed by atoms with E-state index in [2.05, 4.69) is 34.3 Å². The Morgan fingerprint density at radius 1 is 1.07 bits per heavy atom. The number of guanidine groups is 1. The quantitative estimate of drug-likeness (QED) is 0.356. The third kappa shape index (κ3) is 8.48. The van der Waals surface area contributed by atoms with Gasteiger partial charge in [0.05, 0.1) is 12.7 Å². The minimum Gasteiger partial charge on any atom is -0.494 e. The standard InChI is InChI=1S/C22H37N3O3/c1-19-7-9-20(10-8-19)27-17-5-4-13-24-22(23-2)25-14-11-21(12-15-25)28-18-6-16-26-3/h7-10,21H,4-6,11-18H2,1-3H3,(H,23,24). The van der Waals surface area contributed by atoms with Crippen molar-refractivity contribution in [1.82, 2.24) is 10.2 Å². The summed E-state index contributed by atoms with van der Waals surface area (Å²) in [6.07, 6.45) is 5.52. The second-order valence-corrected chi connectivity index (χ2v) is 7.25. The number of nitrogens with one attached hydrogen (secondary N) is 1. The van der Waals surface area contributed by atoms with Gasteiger partial charge < -0.3 is 24.4 Å². The summed E-state index contributed by atoms with van der Waals surface area (Å²) in [4.78, 5) is 6.77. The van der Waals surface area contributed by atoms with E-state index in [-0.39, 0.29) is 0 Å². The van der Waals surface area contributed by atoms with Gasteiger partial charge in [-0.15, -0.1) is 0 Å². The van der Waals surface area contributed by atoms with Crippen LogP contribution in [0.4, 0.5) is 0 Å². The molecule has 0 aromatic heterocycles. The van der Waals surface area contributed by atoms with Crippen LogP contribution in [0.5, 0.6) is 5.75 Å². The summed E-state index contributed by atoms with van der Waals surface area (Å²) >= 11 is 0. The molecule has 0 spiro atoms. The second-order valence-electron chi connectivity index (χ2n) is 7.25. The number of aliphatic imine (C=N–C) groups is 1. The molecule has 0 aliphatic carbocycles. The molecule has 6 nitrogen and oxygen atoms in total. The average Bonchev–Trinajstić information content (AvgIpc) is 2.73. The molecule has 1 aliphatic heterocycles. The molecule has 0 saturated carbocycles. The zero-order valence-corrected chi connectivity index (χ0v) is 17.8. The van der Waals surface area contributed by atoms with Crippen molar-refractivity contribution in [1.29, 1.82) is 0 Å². The minimum atomic E-state index is 0.366. The van der Waals surface area contributed by atoms with Gasteiger partial charge >= 0.3 is 0 Å². The fraction of sp³-hybridized carbons (Fsp3) is 0.682. The van der Waals surface area contributed by atoms with Crippen LogP contribution in [0.15, 0.2) is 29.3 Å². The Bertz CT molecular complexity index is 555. The number of nitrogens with zero attached hydrogens (tertiary/aromatic N) is 2. The smallest absolute Gasteiger partial charge is 0.193 e. The van der Waals surface area contributed by atoms with Gasteiger partial charge in [0.25, 0.3) is 0 Å². The maximum absolute atomic E-state index is 5.93. The first-order chi connectivity index (χ1) is 13.7. The number of piperidine rings is 1. The zero-order chi connectivity index (χ0) is 20.0. The fourth-order valence-corrected chi connectivity index (χ4v) is 3.27. The fourth-order valence-electron chi connectivity index (χ4n) is 3.27. The topological polar surface area (TPSA) is 55.3 Å². The summed E-state index contributed by atoms with van der Waals surface area (Å²) in [5.41, 5.74) is 1.25. The van der Waals surface area contributed by atoms with Crippen LogP contribution in [0, 0.1) is 6.92 Å². The Hall–Kier alpha value is -1.79. The molecule has 158 valence electrons. The van der Waals surface area contributed by atoms with Crippen LogP contribution in [-0.4, -0.2) is 70.6 Å². The number of hydrogen-bond acceptors (Lipinski definition) is 4. The highest BCUT2D eigenvalue weighted by atomic mass is 16.5. The third-order valence-electron chi connectivity index (χ3n) is 4.94. The lowest BCUT2D eigenvalue weighted by Crippen LogP contribution is -2.47. The summed E-state index contributed by atoms with van der Waals surface area (Å²) < 4.78 is 16.8. The van der Waals surface area contributed by atoms with Crippen molar-refractivity contribution in [3.8, 4) is 5.75 Å². The summed E-state index contributed by atoms with van der Waals surface area (Å²) in [6.45, 7) is 7.28. The molecular formula is C22H37N3O3. The van der Waals surface area contributed by atoms with Crippen molar-refractivity contribution in [2.45, 2.75) is 45.1 Å². The van der Waals surface area contributed by atoms with Crippen LogP contribution in [0.3, 0.4) is 0 Å². The van der Waals surface area contributed by atoms with Crippen LogP contribution in [0.1, 0.15) is 37.7 Å². The van der Waals surface area contributed by atoms with E-state index in [1.54, 1.807) is 7.11 Å². The van der Waals surface area contributed by atoms with Gasteiger partial charge in [-0.3, -0.25) is 4.99 Å². The summed E-state index contributed by atoms with van der Waals surface area (Å²) in [6, 6.07) is 8.21. The summed E-state index contributed by atoms with van der Waals surface area (Å²) in [5.74, 6) is 1.94. The maximum Gasteiger partial charge on any atom is 0.193 e. The van der Waals surface area contributed by atoms with Gasteiger partial charge in [0.2, 0.25) is 0 Å². The van der Waals surface area contributed by atoms with Crippen molar-refractivity contribution in [2.75, 3.05) is 53.6 Å². The number of methoxy groups -OCH3 is 1. The summed E-state index contributed by atoms with van der Waals surface area (Å²) in [5, 5.41) is 3.48.